The number of aromatic nitrogens is 1. The molecule has 6 heteroatoms. The molecule has 0 radical (unpaired) electrons. The van der Waals surface area contributed by atoms with E-state index in [0.717, 1.165) is 22.3 Å². The molecule has 0 aliphatic carbocycles. The number of hydrogen-bond donors (Lipinski definition) is 2. The number of aryl methyl sites for hydroxylation is 4. The average molecular weight is 418 g/mol. The number of carbonyl (C=O) groups is 2. The van der Waals surface area contributed by atoms with Gasteiger partial charge in [0.05, 0.1) is 6.54 Å². The highest BCUT2D eigenvalue weighted by atomic mass is 16.5. The van der Waals surface area contributed by atoms with Crippen molar-refractivity contribution in [3.63, 3.8) is 0 Å². The molecule has 0 bridgehead atoms. The Labute approximate surface area is 182 Å². The summed E-state index contributed by atoms with van der Waals surface area (Å²) < 4.78 is 5.83. The Morgan fingerprint density at radius 2 is 1.61 bits per heavy atom. The number of pyridine rings is 1. The topological polar surface area (TPSA) is 80.3 Å². The van der Waals surface area contributed by atoms with Gasteiger partial charge in [-0.3, -0.25) is 9.59 Å². The van der Waals surface area contributed by atoms with Crippen molar-refractivity contribution in [2.24, 2.45) is 0 Å². The van der Waals surface area contributed by atoms with Crippen LogP contribution in [0, 0.1) is 27.7 Å². The first-order valence-electron chi connectivity index (χ1n) is 10.1. The molecular formula is C25H27N3O3. The predicted molar refractivity (Wildman–Crippen MR) is 120 cm³/mol. The number of benzene rings is 2. The predicted octanol–water partition coefficient (Wildman–Crippen LogP) is 4.15. The molecule has 0 fully saturated rings. The molecule has 2 aromatic carbocycles. The minimum Gasteiger partial charge on any atom is -0.439 e. The van der Waals surface area contributed by atoms with Crippen LogP contribution in [-0.4, -0.2) is 23.3 Å². The first-order chi connectivity index (χ1) is 14.8. The van der Waals surface area contributed by atoms with E-state index in [-0.39, 0.29) is 18.4 Å². The van der Waals surface area contributed by atoms with Crippen LogP contribution in [0.5, 0.6) is 11.6 Å². The van der Waals surface area contributed by atoms with Gasteiger partial charge in [-0.2, -0.15) is 0 Å². The number of ether oxygens (including phenoxy) is 1. The van der Waals surface area contributed by atoms with Crippen molar-refractivity contribution in [2.75, 3.05) is 6.54 Å². The Morgan fingerprint density at radius 3 is 2.32 bits per heavy atom. The van der Waals surface area contributed by atoms with Crippen LogP contribution < -0.4 is 15.4 Å². The van der Waals surface area contributed by atoms with Gasteiger partial charge in [-0.05, 0) is 74.7 Å². The Morgan fingerprint density at radius 1 is 0.871 bits per heavy atom. The summed E-state index contributed by atoms with van der Waals surface area (Å²) in [5, 5.41) is 5.45. The Bertz CT molecular complexity index is 1090. The van der Waals surface area contributed by atoms with E-state index in [0.29, 0.717) is 23.7 Å². The van der Waals surface area contributed by atoms with Crippen molar-refractivity contribution in [3.05, 3.63) is 88.1 Å². The minimum absolute atomic E-state index is 0.0943. The van der Waals surface area contributed by atoms with Crippen molar-refractivity contribution in [2.45, 2.75) is 34.2 Å². The van der Waals surface area contributed by atoms with E-state index in [4.69, 9.17) is 4.74 Å². The molecule has 3 aromatic rings. The molecule has 1 aromatic heterocycles. The molecule has 31 heavy (non-hydrogen) atoms. The summed E-state index contributed by atoms with van der Waals surface area (Å²) in [6, 6.07) is 15.0. The van der Waals surface area contributed by atoms with Crippen molar-refractivity contribution in [1.82, 2.24) is 15.6 Å². The van der Waals surface area contributed by atoms with Gasteiger partial charge >= 0.3 is 0 Å². The molecule has 0 aliphatic rings. The number of carbonyl (C=O) groups excluding carboxylic acids is 2. The molecule has 1 heterocycles. The zero-order chi connectivity index (χ0) is 22.4. The molecule has 0 aliphatic heterocycles. The fourth-order valence-electron chi connectivity index (χ4n) is 3.15. The van der Waals surface area contributed by atoms with Gasteiger partial charge in [0.1, 0.15) is 5.75 Å². The van der Waals surface area contributed by atoms with Crippen LogP contribution in [0.1, 0.15) is 38.2 Å². The monoisotopic (exact) mass is 417 g/mol. The van der Waals surface area contributed by atoms with E-state index in [1.54, 1.807) is 24.4 Å². The van der Waals surface area contributed by atoms with Gasteiger partial charge in [-0.25, -0.2) is 4.98 Å². The maximum atomic E-state index is 12.3. The summed E-state index contributed by atoms with van der Waals surface area (Å²) in [4.78, 5) is 28.7. The quantitative estimate of drug-likeness (QED) is 0.605. The summed E-state index contributed by atoms with van der Waals surface area (Å²) in [7, 11) is 0. The first kappa shape index (κ1) is 22.0. The summed E-state index contributed by atoms with van der Waals surface area (Å²) in [6.07, 6.45) is 1.64. The molecular weight excluding hydrogens is 390 g/mol. The van der Waals surface area contributed by atoms with Gasteiger partial charge < -0.3 is 15.4 Å². The van der Waals surface area contributed by atoms with Gasteiger partial charge in [-0.1, -0.05) is 23.3 Å². The smallest absolute Gasteiger partial charge is 0.251 e. The lowest BCUT2D eigenvalue weighted by molar-refractivity contribution is -0.120. The van der Waals surface area contributed by atoms with Crippen molar-refractivity contribution in [3.8, 4) is 11.6 Å². The molecule has 0 saturated carbocycles. The maximum absolute atomic E-state index is 12.3. The third-order valence-corrected chi connectivity index (χ3v) is 4.88. The second kappa shape index (κ2) is 9.89. The lowest BCUT2D eigenvalue weighted by atomic mass is 10.1. The van der Waals surface area contributed by atoms with Gasteiger partial charge in [-0.15, -0.1) is 0 Å². The lowest BCUT2D eigenvalue weighted by Gasteiger charge is -2.10. The third kappa shape index (κ3) is 6.40. The zero-order valence-electron chi connectivity index (χ0n) is 18.3. The van der Waals surface area contributed by atoms with Crippen LogP contribution in [0.3, 0.4) is 0 Å². The van der Waals surface area contributed by atoms with Crippen LogP contribution in [0.2, 0.25) is 0 Å². The molecule has 6 nitrogen and oxygen atoms in total. The number of nitrogens with zero attached hydrogens (tertiary/aromatic N) is 1. The average Bonchev–Trinajstić information content (AvgIpc) is 2.73. The number of nitrogens with one attached hydrogen (secondary N) is 2. The number of hydrogen-bond acceptors (Lipinski definition) is 4. The Balaban J connectivity index is 1.51. The van der Waals surface area contributed by atoms with Gasteiger partial charge in [0.25, 0.3) is 5.91 Å². The summed E-state index contributed by atoms with van der Waals surface area (Å²) in [5.41, 5.74) is 5.75. The van der Waals surface area contributed by atoms with E-state index in [2.05, 4.69) is 15.6 Å². The van der Waals surface area contributed by atoms with E-state index in [1.165, 1.54) is 5.56 Å². The normalized spacial score (nSPS) is 10.5. The number of rotatable bonds is 7. The van der Waals surface area contributed by atoms with Crippen LogP contribution in [0.15, 0.2) is 54.7 Å². The van der Waals surface area contributed by atoms with Crippen LogP contribution in [0.25, 0.3) is 0 Å². The zero-order valence-corrected chi connectivity index (χ0v) is 18.3. The van der Waals surface area contributed by atoms with Crippen molar-refractivity contribution >= 4 is 11.8 Å². The van der Waals surface area contributed by atoms with E-state index >= 15 is 0 Å². The fourth-order valence-corrected chi connectivity index (χ4v) is 3.15. The SMILES string of the molecule is Cc1cc(C)cc(C(=O)NCC(=O)NCc2ccnc(Oc3ccc(C)c(C)c3)c2)c1. The highest BCUT2D eigenvalue weighted by molar-refractivity contribution is 5.96. The number of amides is 2. The second-order valence-corrected chi connectivity index (χ2v) is 7.69. The molecule has 2 N–H and O–H groups in total. The Kier molecular flexibility index (Phi) is 7.03. The van der Waals surface area contributed by atoms with Gasteiger partial charge in [0.15, 0.2) is 0 Å². The van der Waals surface area contributed by atoms with Gasteiger partial charge in [0.2, 0.25) is 11.8 Å². The van der Waals surface area contributed by atoms with Gasteiger partial charge in [0, 0.05) is 24.4 Å². The second-order valence-electron chi connectivity index (χ2n) is 7.69. The summed E-state index contributed by atoms with van der Waals surface area (Å²) in [6.45, 7) is 8.16. The molecule has 0 unspecified atom stereocenters. The first-order valence-corrected chi connectivity index (χ1v) is 10.1. The summed E-state index contributed by atoms with van der Waals surface area (Å²) in [5.74, 6) is 0.630. The lowest BCUT2D eigenvalue weighted by Crippen LogP contribution is -2.36. The summed E-state index contributed by atoms with van der Waals surface area (Å²) >= 11 is 0. The van der Waals surface area contributed by atoms with Crippen LogP contribution in [0.4, 0.5) is 0 Å². The molecule has 0 saturated heterocycles. The van der Waals surface area contributed by atoms with Crippen LogP contribution in [-0.2, 0) is 11.3 Å². The third-order valence-electron chi connectivity index (χ3n) is 4.88. The van der Waals surface area contributed by atoms with Crippen molar-refractivity contribution < 1.29 is 14.3 Å². The Hall–Kier alpha value is -3.67. The van der Waals surface area contributed by atoms with Crippen molar-refractivity contribution in [1.29, 1.82) is 0 Å². The largest absolute Gasteiger partial charge is 0.439 e. The van der Waals surface area contributed by atoms with Crippen LogP contribution >= 0.6 is 0 Å². The highest BCUT2D eigenvalue weighted by Crippen LogP contribution is 2.22. The van der Waals surface area contributed by atoms with E-state index in [9.17, 15) is 9.59 Å². The van der Waals surface area contributed by atoms with E-state index in [1.807, 2.05) is 58.0 Å². The van der Waals surface area contributed by atoms with E-state index < -0.39 is 0 Å². The molecule has 0 spiro atoms. The molecule has 2 amide bonds. The standard InChI is InChI=1S/C25H27N3O3/c1-16-9-17(2)11-21(10-16)25(30)28-15-23(29)27-14-20-7-8-26-24(13-20)31-22-6-5-18(3)19(4)12-22/h5-13H,14-15H2,1-4H3,(H,27,29)(H,28,30). The maximum Gasteiger partial charge on any atom is 0.251 e. The fraction of sp³-hybridized carbons (Fsp3) is 0.240. The minimum atomic E-state index is -0.272. The highest BCUT2D eigenvalue weighted by Gasteiger charge is 2.09. The molecule has 160 valence electrons. The molecule has 0 atom stereocenters. The molecule has 3 rings (SSSR count).